The Balaban J connectivity index is 2.03. The molecule has 0 aliphatic carbocycles. The first-order valence-corrected chi connectivity index (χ1v) is 6.35. The van der Waals surface area contributed by atoms with Crippen molar-refractivity contribution < 1.29 is 9.18 Å². The van der Waals surface area contributed by atoms with Crippen molar-refractivity contribution >= 4 is 11.6 Å². The van der Waals surface area contributed by atoms with Crippen LogP contribution in [0.4, 0.5) is 10.1 Å². The average Bonchev–Trinajstić information content (AvgIpc) is 2.41. The van der Waals surface area contributed by atoms with Crippen LogP contribution in [0.3, 0.4) is 0 Å². The van der Waals surface area contributed by atoms with E-state index < -0.39 is 0 Å². The van der Waals surface area contributed by atoms with Crippen molar-refractivity contribution in [1.29, 1.82) is 0 Å². The number of rotatable bonds is 4. The minimum Gasteiger partial charge on any atom is -0.322 e. The quantitative estimate of drug-likeness (QED) is 0.927. The first-order valence-electron chi connectivity index (χ1n) is 6.35. The van der Waals surface area contributed by atoms with Gasteiger partial charge in [0.15, 0.2) is 0 Å². The minimum atomic E-state index is -0.323. The Morgan fingerprint density at radius 2 is 1.65 bits per heavy atom. The second-order valence-corrected chi connectivity index (χ2v) is 4.90. The smallest absolute Gasteiger partial charge is 0.255 e. The van der Waals surface area contributed by atoms with Crippen LogP contribution in [0.15, 0.2) is 48.5 Å². The number of nitrogens with one attached hydrogen (secondary N) is 1. The van der Waals surface area contributed by atoms with Gasteiger partial charge in [0.05, 0.1) is 0 Å². The molecule has 2 aromatic carbocycles. The molecule has 0 aromatic heterocycles. The molecule has 2 aromatic rings. The van der Waals surface area contributed by atoms with Gasteiger partial charge in [-0.05, 0) is 56.1 Å². The maximum absolute atomic E-state index is 12.8. The molecule has 0 saturated carbocycles. The highest BCUT2D eigenvalue weighted by atomic mass is 19.1. The number of hydrogen-bond acceptors (Lipinski definition) is 2. The lowest BCUT2D eigenvalue weighted by Crippen LogP contribution is -2.13. The highest BCUT2D eigenvalue weighted by molar-refractivity contribution is 6.04. The number of nitrogens with zero attached hydrogens (tertiary/aromatic N) is 1. The Hall–Kier alpha value is -2.20. The molecule has 0 aliphatic heterocycles. The maximum Gasteiger partial charge on any atom is 0.255 e. The number of halogens is 1. The molecule has 0 aliphatic rings. The third kappa shape index (κ3) is 3.90. The lowest BCUT2D eigenvalue weighted by molar-refractivity contribution is 0.102. The molecule has 1 N–H and O–H groups in total. The molecule has 4 heteroatoms. The zero-order valence-electron chi connectivity index (χ0n) is 11.6. The number of carbonyl (C=O) groups excluding carboxylic acids is 1. The van der Waals surface area contributed by atoms with Crippen molar-refractivity contribution in [3.05, 3.63) is 65.5 Å². The topological polar surface area (TPSA) is 32.3 Å². The fourth-order valence-corrected chi connectivity index (χ4v) is 1.86. The van der Waals surface area contributed by atoms with Gasteiger partial charge in [-0.1, -0.05) is 12.1 Å². The molecule has 0 spiro atoms. The molecule has 0 atom stereocenters. The van der Waals surface area contributed by atoms with Gasteiger partial charge < -0.3 is 10.2 Å². The van der Waals surface area contributed by atoms with E-state index >= 15 is 0 Å². The van der Waals surface area contributed by atoms with Crippen LogP contribution in [0.25, 0.3) is 0 Å². The van der Waals surface area contributed by atoms with Crippen LogP contribution in [0.1, 0.15) is 15.9 Å². The summed E-state index contributed by atoms with van der Waals surface area (Å²) in [5.74, 6) is -0.524. The molecule has 0 fully saturated rings. The third-order valence-electron chi connectivity index (χ3n) is 2.82. The van der Waals surface area contributed by atoms with Gasteiger partial charge in [0.2, 0.25) is 0 Å². The summed E-state index contributed by atoms with van der Waals surface area (Å²) in [6, 6.07) is 13.1. The lowest BCUT2D eigenvalue weighted by atomic mass is 10.1. The first kappa shape index (κ1) is 14.2. The van der Waals surface area contributed by atoms with E-state index in [0.29, 0.717) is 11.3 Å². The van der Waals surface area contributed by atoms with Gasteiger partial charge in [-0.25, -0.2) is 4.39 Å². The molecular formula is C16H17FN2O. The monoisotopic (exact) mass is 272 g/mol. The summed E-state index contributed by atoms with van der Waals surface area (Å²) < 4.78 is 12.8. The Morgan fingerprint density at radius 3 is 2.20 bits per heavy atom. The molecular weight excluding hydrogens is 255 g/mol. The van der Waals surface area contributed by atoms with E-state index in [1.807, 2.05) is 26.2 Å². The summed E-state index contributed by atoms with van der Waals surface area (Å²) in [5.41, 5.74) is 2.30. The number of anilines is 1. The molecule has 0 unspecified atom stereocenters. The second kappa shape index (κ2) is 6.30. The van der Waals surface area contributed by atoms with Crippen LogP contribution in [0.5, 0.6) is 0 Å². The maximum atomic E-state index is 12.8. The van der Waals surface area contributed by atoms with Crippen molar-refractivity contribution in [3.63, 3.8) is 0 Å². The van der Waals surface area contributed by atoms with E-state index in [1.54, 1.807) is 12.1 Å². The Kier molecular flexibility index (Phi) is 4.48. The van der Waals surface area contributed by atoms with E-state index in [4.69, 9.17) is 0 Å². The van der Waals surface area contributed by atoms with E-state index in [9.17, 15) is 9.18 Å². The van der Waals surface area contributed by atoms with Gasteiger partial charge in [-0.3, -0.25) is 4.79 Å². The number of carbonyl (C=O) groups is 1. The van der Waals surface area contributed by atoms with Gasteiger partial charge in [0, 0.05) is 17.8 Å². The lowest BCUT2D eigenvalue weighted by Gasteiger charge is -2.10. The van der Waals surface area contributed by atoms with Crippen molar-refractivity contribution in [2.24, 2.45) is 0 Å². The molecule has 0 radical (unpaired) electrons. The fraction of sp³-hybridized carbons (Fsp3) is 0.188. The molecule has 1 amide bonds. The number of hydrogen-bond donors (Lipinski definition) is 1. The van der Waals surface area contributed by atoms with Gasteiger partial charge in [-0.15, -0.1) is 0 Å². The standard InChI is InChI=1S/C16H17FN2O/c1-19(2)11-12-3-5-13(6-4-12)16(20)18-15-9-7-14(17)8-10-15/h3-10H,11H2,1-2H3,(H,18,20). The summed E-state index contributed by atoms with van der Waals surface area (Å²) in [4.78, 5) is 14.1. The molecule has 20 heavy (non-hydrogen) atoms. The highest BCUT2D eigenvalue weighted by Gasteiger charge is 2.06. The molecule has 2 rings (SSSR count). The van der Waals surface area contributed by atoms with Crippen LogP contribution in [-0.4, -0.2) is 24.9 Å². The van der Waals surface area contributed by atoms with E-state index in [2.05, 4.69) is 10.2 Å². The summed E-state index contributed by atoms with van der Waals surface area (Å²) in [6.45, 7) is 0.833. The van der Waals surface area contributed by atoms with E-state index in [0.717, 1.165) is 12.1 Å². The summed E-state index contributed by atoms with van der Waals surface area (Å²) in [5, 5.41) is 2.73. The normalized spacial score (nSPS) is 10.6. The van der Waals surface area contributed by atoms with Crippen LogP contribution >= 0.6 is 0 Å². The van der Waals surface area contributed by atoms with Gasteiger partial charge >= 0.3 is 0 Å². The van der Waals surface area contributed by atoms with Gasteiger partial charge in [-0.2, -0.15) is 0 Å². The Morgan fingerprint density at radius 1 is 1.05 bits per heavy atom. The first-order chi connectivity index (χ1) is 9.54. The van der Waals surface area contributed by atoms with Crippen LogP contribution in [-0.2, 0) is 6.54 Å². The van der Waals surface area contributed by atoms with Crippen LogP contribution in [0.2, 0.25) is 0 Å². The fourth-order valence-electron chi connectivity index (χ4n) is 1.86. The van der Waals surface area contributed by atoms with Gasteiger partial charge in [0.1, 0.15) is 5.82 Å². The van der Waals surface area contributed by atoms with Gasteiger partial charge in [0.25, 0.3) is 5.91 Å². The average molecular weight is 272 g/mol. The molecule has 3 nitrogen and oxygen atoms in total. The molecule has 0 saturated heterocycles. The van der Waals surface area contributed by atoms with Crippen LogP contribution < -0.4 is 5.32 Å². The SMILES string of the molecule is CN(C)Cc1ccc(C(=O)Nc2ccc(F)cc2)cc1. The summed E-state index contributed by atoms with van der Waals surface area (Å²) in [7, 11) is 3.99. The Labute approximate surface area is 118 Å². The highest BCUT2D eigenvalue weighted by Crippen LogP contribution is 2.12. The third-order valence-corrected chi connectivity index (χ3v) is 2.82. The largest absolute Gasteiger partial charge is 0.322 e. The minimum absolute atomic E-state index is 0.201. The van der Waals surface area contributed by atoms with Crippen molar-refractivity contribution in [2.45, 2.75) is 6.54 Å². The summed E-state index contributed by atoms with van der Waals surface area (Å²) in [6.07, 6.45) is 0. The van der Waals surface area contributed by atoms with Crippen LogP contribution in [0, 0.1) is 5.82 Å². The van der Waals surface area contributed by atoms with E-state index in [1.165, 1.54) is 24.3 Å². The molecule has 0 bridgehead atoms. The molecule has 104 valence electrons. The number of amides is 1. The molecule has 0 heterocycles. The Bertz CT molecular complexity index is 576. The zero-order chi connectivity index (χ0) is 14.5. The second-order valence-electron chi connectivity index (χ2n) is 4.90. The summed E-state index contributed by atoms with van der Waals surface area (Å²) >= 11 is 0. The van der Waals surface area contributed by atoms with E-state index in [-0.39, 0.29) is 11.7 Å². The predicted octanol–water partition coefficient (Wildman–Crippen LogP) is 3.14. The zero-order valence-corrected chi connectivity index (χ0v) is 11.6. The number of benzene rings is 2. The van der Waals surface area contributed by atoms with Crippen molar-refractivity contribution in [3.8, 4) is 0 Å². The van der Waals surface area contributed by atoms with Crippen molar-refractivity contribution in [1.82, 2.24) is 4.90 Å². The van der Waals surface area contributed by atoms with Crippen molar-refractivity contribution in [2.75, 3.05) is 19.4 Å². The predicted molar refractivity (Wildman–Crippen MR) is 78.2 cm³/mol.